The molecule has 0 N–H and O–H groups in total. The third kappa shape index (κ3) is 1.72. The average molecular weight is 219 g/mol. The summed E-state index contributed by atoms with van der Waals surface area (Å²) in [6, 6.07) is 3.98. The van der Waals surface area contributed by atoms with Gasteiger partial charge in [-0.25, -0.2) is 0 Å². The molecule has 2 heterocycles. The van der Waals surface area contributed by atoms with Gasteiger partial charge in [0.2, 0.25) is 0 Å². The molecule has 1 fully saturated rings. The van der Waals surface area contributed by atoms with Crippen LogP contribution in [-0.2, 0) is 6.54 Å². The van der Waals surface area contributed by atoms with Crippen LogP contribution in [0.4, 0.5) is 0 Å². The summed E-state index contributed by atoms with van der Waals surface area (Å²) in [4.78, 5) is 12.0. The molecule has 2 nitrogen and oxygen atoms in total. The van der Waals surface area contributed by atoms with E-state index < -0.39 is 0 Å². The zero-order valence-corrected chi connectivity index (χ0v) is 9.30. The minimum absolute atomic E-state index is 0.175. The molecule has 0 unspecified atom stereocenters. The molecule has 2 aromatic heterocycles. The maximum absolute atomic E-state index is 12.0. The third-order valence-electron chi connectivity index (χ3n) is 3.07. The van der Waals surface area contributed by atoms with E-state index in [4.69, 9.17) is 0 Å². The number of fused-ring (bicyclic) bond motifs is 1. The molecule has 0 saturated heterocycles. The first-order chi connectivity index (χ1) is 7.34. The molecular weight excluding hydrogens is 206 g/mol. The topological polar surface area (TPSA) is 22.0 Å². The lowest BCUT2D eigenvalue weighted by atomic mass is 10.3. The van der Waals surface area contributed by atoms with E-state index in [1.807, 2.05) is 28.3 Å². The Labute approximate surface area is 92.2 Å². The Bertz CT molecular complexity index is 536. The van der Waals surface area contributed by atoms with Gasteiger partial charge in [-0.3, -0.25) is 4.79 Å². The smallest absolute Gasteiger partial charge is 0.259 e. The van der Waals surface area contributed by atoms with Gasteiger partial charge in [0.05, 0.1) is 5.39 Å². The summed E-state index contributed by atoms with van der Waals surface area (Å²) in [6.45, 7) is 0.884. The predicted octanol–water partition coefficient (Wildman–Crippen LogP) is 2.86. The first kappa shape index (κ1) is 9.16. The van der Waals surface area contributed by atoms with Crippen molar-refractivity contribution in [1.82, 2.24) is 4.57 Å². The number of hydrogen-bond donors (Lipinski definition) is 0. The Morgan fingerprint density at radius 2 is 2.27 bits per heavy atom. The van der Waals surface area contributed by atoms with Crippen LogP contribution in [0.3, 0.4) is 0 Å². The number of aromatic nitrogens is 1. The standard InChI is InChI=1S/C12H13NOS/c14-12-10-5-8-15-11(10)4-7-13(12)6-3-9-1-2-9/h4-5,7-9H,1-3,6H2. The lowest BCUT2D eigenvalue weighted by molar-refractivity contribution is 0.584. The van der Waals surface area contributed by atoms with E-state index in [2.05, 4.69) is 0 Å². The summed E-state index contributed by atoms with van der Waals surface area (Å²) >= 11 is 1.63. The molecule has 0 bridgehead atoms. The van der Waals surface area contributed by atoms with Gasteiger partial charge in [0, 0.05) is 17.4 Å². The zero-order valence-electron chi connectivity index (χ0n) is 8.48. The molecule has 0 spiro atoms. The third-order valence-corrected chi connectivity index (χ3v) is 3.95. The molecule has 2 aromatic rings. The predicted molar refractivity (Wildman–Crippen MR) is 63.4 cm³/mol. The second-order valence-corrected chi connectivity index (χ2v) is 5.19. The van der Waals surface area contributed by atoms with E-state index in [1.165, 1.54) is 12.8 Å². The van der Waals surface area contributed by atoms with Gasteiger partial charge in [0.15, 0.2) is 0 Å². The van der Waals surface area contributed by atoms with Crippen molar-refractivity contribution in [2.24, 2.45) is 5.92 Å². The largest absolute Gasteiger partial charge is 0.315 e. The van der Waals surface area contributed by atoms with Crippen molar-refractivity contribution in [3.8, 4) is 0 Å². The van der Waals surface area contributed by atoms with E-state index in [0.29, 0.717) is 0 Å². The van der Waals surface area contributed by atoms with Crippen LogP contribution in [0.25, 0.3) is 10.1 Å². The number of rotatable bonds is 3. The van der Waals surface area contributed by atoms with Crippen LogP contribution >= 0.6 is 11.3 Å². The molecule has 3 heteroatoms. The van der Waals surface area contributed by atoms with Crippen LogP contribution in [0.2, 0.25) is 0 Å². The Morgan fingerprint density at radius 3 is 3.07 bits per heavy atom. The maximum atomic E-state index is 12.0. The Balaban J connectivity index is 1.95. The fourth-order valence-corrected chi connectivity index (χ4v) is 2.68. The Morgan fingerprint density at radius 1 is 1.40 bits per heavy atom. The fourth-order valence-electron chi connectivity index (χ4n) is 1.91. The Hall–Kier alpha value is -1.09. The van der Waals surface area contributed by atoms with Crippen LogP contribution in [0.1, 0.15) is 19.3 Å². The SMILES string of the molecule is O=c1c2ccsc2ccn1CCC1CC1. The van der Waals surface area contributed by atoms with E-state index in [1.54, 1.807) is 11.3 Å². The summed E-state index contributed by atoms with van der Waals surface area (Å²) in [5.74, 6) is 0.884. The van der Waals surface area contributed by atoms with Gasteiger partial charge < -0.3 is 4.57 Å². The van der Waals surface area contributed by atoms with Crippen LogP contribution < -0.4 is 5.56 Å². The summed E-state index contributed by atoms with van der Waals surface area (Å²) in [5, 5.41) is 2.86. The minimum atomic E-state index is 0.175. The summed E-state index contributed by atoms with van der Waals surface area (Å²) in [6.07, 6.45) is 5.81. The van der Waals surface area contributed by atoms with Crippen molar-refractivity contribution in [2.75, 3.05) is 0 Å². The molecule has 0 amide bonds. The monoisotopic (exact) mass is 219 g/mol. The van der Waals surface area contributed by atoms with Crippen molar-refractivity contribution in [1.29, 1.82) is 0 Å². The zero-order chi connectivity index (χ0) is 10.3. The van der Waals surface area contributed by atoms with Crippen molar-refractivity contribution in [3.05, 3.63) is 34.1 Å². The second kappa shape index (κ2) is 3.49. The van der Waals surface area contributed by atoms with Gasteiger partial charge in [-0.05, 0) is 29.9 Å². The lowest BCUT2D eigenvalue weighted by Crippen LogP contribution is -2.19. The fraction of sp³-hybridized carbons (Fsp3) is 0.417. The molecule has 0 atom stereocenters. The van der Waals surface area contributed by atoms with Crippen molar-refractivity contribution >= 4 is 21.4 Å². The molecule has 78 valence electrons. The first-order valence-corrected chi connectivity index (χ1v) is 6.29. The highest BCUT2D eigenvalue weighted by atomic mass is 32.1. The number of hydrogen-bond acceptors (Lipinski definition) is 2. The number of aryl methyl sites for hydroxylation is 1. The summed E-state index contributed by atoms with van der Waals surface area (Å²) in [5.41, 5.74) is 0.175. The molecule has 3 rings (SSSR count). The van der Waals surface area contributed by atoms with Crippen LogP contribution in [0, 0.1) is 5.92 Å². The highest BCUT2D eigenvalue weighted by molar-refractivity contribution is 7.17. The van der Waals surface area contributed by atoms with Gasteiger partial charge in [0.1, 0.15) is 0 Å². The minimum Gasteiger partial charge on any atom is -0.315 e. The van der Waals surface area contributed by atoms with Crippen molar-refractivity contribution in [3.63, 3.8) is 0 Å². The van der Waals surface area contributed by atoms with Crippen molar-refractivity contribution in [2.45, 2.75) is 25.8 Å². The van der Waals surface area contributed by atoms with Gasteiger partial charge >= 0.3 is 0 Å². The first-order valence-electron chi connectivity index (χ1n) is 5.41. The molecule has 0 aliphatic heterocycles. The molecule has 0 aromatic carbocycles. The average Bonchev–Trinajstić information content (AvgIpc) is 2.93. The van der Waals surface area contributed by atoms with Gasteiger partial charge in [0.25, 0.3) is 5.56 Å². The molecule has 1 aliphatic carbocycles. The molecular formula is C12H13NOS. The van der Waals surface area contributed by atoms with E-state index in [9.17, 15) is 4.79 Å². The van der Waals surface area contributed by atoms with E-state index in [-0.39, 0.29) is 5.56 Å². The van der Waals surface area contributed by atoms with Gasteiger partial charge in [-0.1, -0.05) is 12.8 Å². The number of thiophene rings is 1. The number of pyridine rings is 1. The summed E-state index contributed by atoms with van der Waals surface area (Å²) < 4.78 is 2.95. The quantitative estimate of drug-likeness (QED) is 0.778. The summed E-state index contributed by atoms with van der Waals surface area (Å²) in [7, 11) is 0. The second-order valence-electron chi connectivity index (χ2n) is 4.24. The molecule has 15 heavy (non-hydrogen) atoms. The van der Waals surface area contributed by atoms with Crippen LogP contribution in [-0.4, -0.2) is 4.57 Å². The normalized spacial score (nSPS) is 16.0. The maximum Gasteiger partial charge on any atom is 0.259 e. The molecule has 0 radical (unpaired) electrons. The van der Waals surface area contributed by atoms with Crippen molar-refractivity contribution < 1.29 is 0 Å². The molecule has 1 saturated carbocycles. The van der Waals surface area contributed by atoms with Crippen LogP contribution in [0.15, 0.2) is 28.5 Å². The number of nitrogens with zero attached hydrogens (tertiary/aromatic N) is 1. The van der Waals surface area contributed by atoms with E-state index in [0.717, 1.165) is 29.0 Å². The highest BCUT2D eigenvalue weighted by Gasteiger charge is 2.20. The van der Waals surface area contributed by atoms with E-state index >= 15 is 0 Å². The molecule has 1 aliphatic rings. The van der Waals surface area contributed by atoms with Gasteiger partial charge in [-0.15, -0.1) is 11.3 Å². The lowest BCUT2D eigenvalue weighted by Gasteiger charge is -2.04. The van der Waals surface area contributed by atoms with Crippen LogP contribution in [0.5, 0.6) is 0 Å². The van der Waals surface area contributed by atoms with Gasteiger partial charge in [-0.2, -0.15) is 0 Å². The highest BCUT2D eigenvalue weighted by Crippen LogP contribution is 2.32. The Kier molecular flexibility index (Phi) is 2.13.